The maximum absolute atomic E-state index is 12.9. The van der Waals surface area contributed by atoms with E-state index in [4.69, 9.17) is 0 Å². The number of hydrogen-bond acceptors (Lipinski definition) is 4. The number of benzene rings is 2. The summed E-state index contributed by atoms with van der Waals surface area (Å²) < 4.78 is 38.6. The van der Waals surface area contributed by atoms with Crippen LogP contribution in [-0.2, 0) is 36.8 Å². The number of alkyl halides is 3. The van der Waals surface area contributed by atoms with Crippen molar-refractivity contribution in [3.8, 4) is 0 Å². The van der Waals surface area contributed by atoms with E-state index in [1.54, 1.807) is 4.90 Å². The number of nitrogens with zero attached hydrogens (tertiary/aromatic N) is 3. The molecule has 0 unspecified atom stereocenters. The first-order valence-corrected chi connectivity index (χ1v) is 10.2. The Kier molecular flexibility index (Phi) is 6.07. The summed E-state index contributed by atoms with van der Waals surface area (Å²) in [5, 5.41) is 7.85. The van der Waals surface area contributed by atoms with Crippen LogP contribution in [0, 0.1) is 0 Å². The van der Waals surface area contributed by atoms with Gasteiger partial charge < -0.3 is 9.88 Å². The molecule has 0 bridgehead atoms. The fourth-order valence-electron chi connectivity index (χ4n) is 3.78. The van der Waals surface area contributed by atoms with Crippen molar-refractivity contribution in [3.63, 3.8) is 0 Å². The van der Waals surface area contributed by atoms with Crippen LogP contribution < -0.4 is 5.56 Å². The van der Waals surface area contributed by atoms with Crippen LogP contribution >= 0.6 is 0 Å². The number of carbonyl (C=O) groups is 1. The summed E-state index contributed by atoms with van der Waals surface area (Å²) in [5.41, 5.74) is 1.61. The molecule has 0 radical (unpaired) electrons. The molecule has 0 saturated carbocycles. The average molecular weight is 442 g/mol. The van der Waals surface area contributed by atoms with Gasteiger partial charge in [-0.2, -0.15) is 13.2 Å². The lowest BCUT2D eigenvalue weighted by Gasteiger charge is -2.28. The van der Waals surface area contributed by atoms with E-state index in [1.807, 2.05) is 18.2 Å². The van der Waals surface area contributed by atoms with Crippen LogP contribution in [-0.4, -0.2) is 32.5 Å². The van der Waals surface area contributed by atoms with Crippen LogP contribution in [0.15, 0.2) is 53.3 Å². The second kappa shape index (κ2) is 8.94. The molecule has 6 nitrogen and oxygen atoms in total. The van der Waals surface area contributed by atoms with E-state index >= 15 is 0 Å². The molecule has 1 aliphatic heterocycles. The largest absolute Gasteiger partial charge is 0.416 e. The summed E-state index contributed by atoms with van der Waals surface area (Å²) in [7, 11) is 0. The average Bonchev–Trinajstić information content (AvgIpc) is 2.77. The number of nitrogens with one attached hydrogen (secondary N) is 1. The van der Waals surface area contributed by atoms with E-state index in [-0.39, 0.29) is 36.7 Å². The second-order valence-electron chi connectivity index (χ2n) is 7.76. The fourth-order valence-corrected chi connectivity index (χ4v) is 3.78. The Hall–Kier alpha value is -3.49. The quantitative estimate of drug-likeness (QED) is 0.658. The van der Waals surface area contributed by atoms with Crippen LogP contribution in [0.5, 0.6) is 0 Å². The van der Waals surface area contributed by atoms with Gasteiger partial charge in [-0.25, -0.2) is 0 Å². The molecule has 0 atom stereocenters. The molecule has 1 amide bonds. The Morgan fingerprint density at radius 3 is 2.59 bits per heavy atom. The van der Waals surface area contributed by atoms with E-state index in [1.165, 1.54) is 17.7 Å². The van der Waals surface area contributed by atoms with Crippen LogP contribution in [0.1, 0.15) is 40.2 Å². The summed E-state index contributed by atoms with van der Waals surface area (Å²) in [5.74, 6) is 0.103. The highest BCUT2D eigenvalue weighted by Gasteiger charge is 2.30. The van der Waals surface area contributed by atoms with Crippen molar-refractivity contribution in [1.29, 1.82) is 0 Å². The van der Waals surface area contributed by atoms with Crippen molar-refractivity contribution in [1.82, 2.24) is 20.1 Å². The Morgan fingerprint density at radius 2 is 1.84 bits per heavy atom. The van der Waals surface area contributed by atoms with E-state index in [9.17, 15) is 22.8 Å². The van der Waals surface area contributed by atoms with Gasteiger partial charge in [-0.05, 0) is 29.2 Å². The third-order valence-corrected chi connectivity index (χ3v) is 5.50. The minimum Gasteiger partial charge on any atom is -0.338 e. The molecule has 32 heavy (non-hydrogen) atoms. The molecule has 3 aromatic rings. The molecular formula is C23H21F3N4O2. The fraction of sp³-hybridized carbons (Fsp3) is 0.304. The number of aromatic amines is 1. The highest BCUT2D eigenvalue weighted by Crippen LogP contribution is 2.29. The number of aromatic nitrogens is 3. The molecule has 166 valence electrons. The van der Waals surface area contributed by atoms with Gasteiger partial charge in [-0.15, -0.1) is 10.2 Å². The molecular weight excluding hydrogens is 421 g/mol. The topological polar surface area (TPSA) is 79.0 Å². The standard InChI is InChI=1S/C23H21F3N4O2/c24-23(25,26)18-7-3-4-15(12-18)13-20-27-22(32)19(28-29-20)8-9-21(31)30-11-10-16-5-1-2-6-17(16)14-30/h1-7,12H,8-11,13-14H2,(H,27,29,32). The molecule has 2 heterocycles. The van der Waals surface area contributed by atoms with Crippen molar-refractivity contribution in [2.45, 2.75) is 38.4 Å². The first kappa shape index (κ1) is 21.7. The van der Waals surface area contributed by atoms with Gasteiger partial charge in [-0.3, -0.25) is 9.59 Å². The van der Waals surface area contributed by atoms with Crippen molar-refractivity contribution >= 4 is 5.91 Å². The number of H-pyrrole nitrogens is 1. The summed E-state index contributed by atoms with van der Waals surface area (Å²) in [6.45, 7) is 1.18. The van der Waals surface area contributed by atoms with Gasteiger partial charge in [0.1, 0.15) is 11.5 Å². The Labute approximate surface area is 182 Å². The van der Waals surface area contributed by atoms with Gasteiger partial charge >= 0.3 is 6.18 Å². The first-order chi connectivity index (χ1) is 15.3. The minimum absolute atomic E-state index is 0.0125. The molecule has 1 aliphatic rings. The number of rotatable bonds is 5. The molecule has 0 saturated heterocycles. The van der Waals surface area contributed by atoms with Crippen molar-refractivity contribution in [2.75, 3.05) is 6.54 Å². The molecule has 0 spiro atoms. The van der Waals surface area contributed by atoms with E-state index in [0.29, 0.717) is 18.7 Å². The van der Waals surface area contributed by atoms with Gasteiger partial charge in [0.15, 0.2) is 0 Å². The number of halogens is 3. The zero-order valence-electron chi connectivity index (χ0n) is 17.2. The Bertz CT molecular complexity index is 1190. The number of carbonyl (C=O) groups excluding carboxylic acids is 1. The number of aryl methyl sites for hydroxylation is 1. The zero-order chi connectivity index (χ0) is 22.7. The maximum Gasteiger partial charge on any atom is 0.416 e. The number of fused-ring (bicyclic) bond motifs is 1. The molecule has 1 N–H and O–H groups in total. The smallest absolute Gasteiger partial charge is 0.338 e. The lowest BCUT2D eigenvalue weighted by molar-refractivity contribution is -0.137. The zero-order valence-corrected chi connectivity index (χ0v) is 17.2. The third kappa shape index (κ3) is 5.04. The van der Waals surface area contributed by atoms with Gasteiger partial charge in [0.25, 0.3) is 5.56 Å². The summed E-state index contributed by atoms with van der Waals surface area (Å²) in [6, 6.07) is 12.8. The van der Waals surface area contributed by atoms with Crippen molar-refractivity contribution < 1.29 is 18.0 Å². The van der Waals surface area contributed by atoms with E-state index in [0.717, 1.165) is 24.1 Å². The minimum atomic E-state index is -4.44. The van der Waals surface area contributed by atoms with Crippen molar-refractivity contribution in [3.05, 3.63) is 92.7 Å². The Morgan fingerprint density at radius 1 is 1.06 bits per heavy atom. The molecule has 0 fully saturated rings. The van der Waals surface area contributed by atoms with Crippen LogP contribution in [0.25, 0.3) is 0 Å². The number of hydrogen-bond donors (Lipinski definition) is 1. The normalized spacial score (nSPS) is 13.7. The highest BCUT2D eigenvalue weighted by molar-refractivity contribution is 5.76. The van der Waals surface area contributed by atoms with Gasteiger partial charge in [-0.1, -0.05) is 42.5 Å². The summed E-state index contributed by atoms with van der Waals surface area (Å²) in [6.07, 6.45) is -3.36. The third-order valence-electron chi connectivity index (χ3n) is 5.50. The number of amides is 1. The SMILES string of the molecule is O=C(CCc1nnc(Cc2cccc(C(F)(F)F)c2)[nH]c1=O)N1CCc2ccccc2C1. The molecule has 9 heteroatoms. The van der Waals surface area contributed by atoms with E-state index < -0.39 is 17.3 Å². The van der Waals surface area contributed by atoms with Crippen LogP contribution in [0.4, 0.5) is 13.2 Å². The van der Waals surface area contributed by atoms with Gasteiger partial charge in [0.05, 0.1) is 5.56 Å². The second-order valence-corrected chi connectivity index (χ2v) is 7.76. The lowest BCUT2D eigenvalue weighted by Crippen LogP contribution is -2.36. The lowest BCUT2D eigenvalue weighted by atomic mass is 9.99. The van der Waals surface area contributed by atoms with Crippen LogP contribution in [0.2, 0.25) is 0 Å². The van der Waals surface area contributed by atoms with Gasteiger partial charge in [0, 0.05) is 32.4 Å². The van der Waals surface area contributed by atoms with Crippen molar-refractivity contribution in [2.24, 2.45) is 0 Å². The molecule has 2 aromatic carbocycles. The predicted octanol–water partition coefficient (Wildman–Crippen LogP) is 3.29. The summed E-state index contributed by atoms with van der Waals surface area (Å²) >= 11 is 0. The highest BCUT2D eigenvalue weighted by atomic mass is 19.4. The first-order valence-electron chi connectivity index (χ1n) is 10.2. The summed E-state index contributed by atoms with van der Waals surface area (Å²) in [4.78, 5) is 29.3. The van der Waals surface area contributed by atoms with Crippen LogP contribution in [0.3, 0.4) is 0 Å². The Balaban J connectivity index is 1.37. The monoisotopic (exact) mass is 442 g/mol. The van der Waals surface area contributed by atoms with Gasteiger partial charge in [0.2, 0.25) is 5.91 Å². The van der Waals surface area contributed by atoms with E-state index in [2.05, 4.69) is 21.2 Å². The molecule has 4 rings (SSSR count). The predicted molar refractivity (Wildman–Crippen MR) is 111 cm³/mol. The molecule has 1 aromatic heterocycles. The molecule has 0 aliphatic carbocycles. The maximum atomic E-state index is 12.9.